The molecular weight excluding hydrogens is 242 g/mol. The molecule has 94 valence electrons. The summed E-state index contributed by atoms with van der Waals surface area (Å²) in [6, 6.07) is 7.38. The number of benzene rings is 1. The molecule has 0 saturated carbocycles. The SMILES string of the molecule is CO[C@]1(c2ccccc2C=O)COCCN1.Cl. The van der Waals surface area contributed by atoms with Crippen LogP contribution in [0, 0.1) is 0 Å². The lowest BCUT2D eigenvalue weighted by Gasteiger charge is -2.37. The Morgan fingerprint density at radius 3 is 2.82 bits per heavy atom. The van der Waals surface area contributed by atoms with Crippen molar-refractivity contribution in [2.45, 2.75) is 5.72 Å². The number of halogens is 1. The average Bonchev–Trinajstić information content (AvgIpc) is 2.39. The highest BCUT2D eigenvalue weighted by molar-refractivity contribution is 5.85. The van der Waals surface area contributed by atoms with Gasteiger partial charge in [-0.3, -0.25) is 10.1 Å². The molecule has 1 fully saturated rings. The summed E-state index contributed by atoms with van der Waals surface area (Å²) in [6.07, 6.45) is 0.840. The van der Waals surface area contributed by atoms with E-state index in [0.29, 0.717) is 25.3 Å². The average molecular weight is 258 g/mol. The van der Waals surface area contributed by atoms with Crippen LogP contribution < -0.4 is 5.32 Å². The Kier molecular flexibility index (Phi) is 5.08. The van der Waals surface area contributed by atoms with Crippen molar-refractivity contribution in [2.24, 2.45) is 0 Å². The molecule has 0 bridgehead atoms. The van der Waals surface area contributed by atoms with Crippen LogP contribution in [0.25, 0.3) is 0 Å². The zero-order valence-electron chi connectivity index (χ0n) is 9.64. The summed E-state index contributed by atoms with van der Waals surface area (Å²) in [5.41, 5.74) is 0.755. The van der Waals surface area contributed by atoms with Gasteiger partial charge in [-0.15, -0.1) is 12.4 Å². The van der Waals surface area contributed by atoms with E-state index in [1.54, 1.807) is 13.2 Å². The van der Waals surface area contributed by atoms with Crippen molar-refractivity contribution < 1.29 is 14.3 Å². The van der Waals surface area contributed by atoms with Crippen molar-refractivity contribution in [3.05, 3.63) is 35.4 Å². The Morgan fingerprint density at radius 1 is 1.47 bits per heavy atom. The van der Waals surface area contributed by atoms with Crippen LogP contribution in [-0.4, -0.2) is 33.2 Å². The Balaban J connectivity index is 0.00000144. The molecule has 1 atom stereocenters. The molecule has 5 heteroatoms. The lowest BCUT2D eigenvalue weighted by Crippen LogP contribution is -2.53. The lowest BCUT2D eigenvalue weighted by molar-refractivity contribution is -0.130. The molecule has 1 N–H and O–H groups in total. The molecule has 0 spiro atoms. The molecule has 0 unspecified atom stereocenters. The highest BCUT2D eigenvalue weighted by atomic mass is 35.5. The Labute approximate surface area is 107 Å². The van der Waals surface area contributed by atoms with Crippen molar-refractivity contribution in [3.63, 3.8) is 0 Å². The van der Waals surface area contributed by atoms with Crippen molar-refractivity contribution in [3.8, 4) is 0 Å². The predicted molar refractivity (Wildman–Crippen MR) is 66.6 cm³/mol. The summed E-state index contributed by atoms with van der Waals surface area (Å²) in [7, 11) is 1.61. The molecule has 0 radical (unpaired) electrons. The monoisotopic (exact) mass is 257 g/mol. The van der Waals surface area contributed by atoms with Gasteiger partial charge in [0.25, 0.3) is 0 Å². The zero-order chi connectivity index (χ0) is 11.4. The van der Waals surface area contributed by atoms with Crippen molar-refractivity contribution in [1.29, 1.82) is 0 Å². The van der Waals surface area contributed by atoms with E-state index in [4.69, 9.17) is 9.47 Å². The van der Waals surface area contributed by atoms with Gasteiger partial charge in [-0.1, -0.05) is 24.3 Å². The molecule has 2 rings (SSSR count). The third-order valence-corrected chi connectivity index (χ3v) is 2.83. The number of carbonyl (C=O) groups is 1. The maximum Gasteiger partial charge on any atom is 0.169 e. The molecule has 0 amide bonds. The molecular formula is C12H16ClNO3. The Bertz CT molecular complexity index is 378. The fourth-order valence-corrected chi connectivity index (χ4v) is 1.97. The summed E-state index contributed by atoms with van der Waals surface area (Å²) in [5, 5.41) is 3.27. The Hall–Kier alpha value is -0.940. The summed E-state index contributed by atoms with van der Waals surface area (Å²) in [6.45, 7) is 1.78. The van der Waals surface area contributed by atoms with Crippen LogP contribution in [0.3, 0.4) is 0 Å². The van der Waals surface area contributed by atoms with Crippen LogP contribution in [0.15, 0.2) is 24.3 Å². The quantitative estimate of drug-likeness (QED) is 0.831. The van der Waals surface area contributed by atoms with Gasteiger partial charge in [-0.25, -0.2) is 0 Å². The number of nitrogens with one attached hydrogen (secondary N) is 1. The number of carbonyl (C=O) groups excluding carboxylic acids is 1. The second-order valence-corrected chi connectivity index (χ2v) is 3.72. The first kappa shape index (κ1) is 14.1. The first-order valence-corrected chi connectivity index (χ1v) is 5.25. The number of morpholine rings is 1. The van der Waals surface area contributed by atoms with E-state index in [0.717, 1.165) is 11.8 Å². The van der Waals surface area contributed by atoms with Gasteiger partial charge in [-0.05, 0) is 0 Å². The minimum atomic E-state index is -0.699. The van der Waals surface area contributed by atoms with Crippen LogP contribution in [0.1, 0.15) is 15.9 Å². The molecule has 1 heterocycles. The van der Waals surface area contributed by atoms with E-state index in [2.05, 4.69) is 5.32 Å². The second-order valence-electron chi connectivity index (χ2n) is 3.72. The van der Waals surface area contributed by atoms with E-state index >= 15 is 0 Å². The topological polar surface area (TPSA) is 47.6 Å². The fourth-order valence-electron chi connectivity index (χ4n) is 1.97. The number of methoxy groups -OCH3 is 1. The molecule has 1 aromatic carbocycles. The fraction of sp³-hybridized carbons (Fsp3) is 0.417. The minimum Gasteiger partial charge on any atom is -0.375 e. The number of hydrogen-bond acceptors (Lipinski definition) is 4. The molecule has 1 aliphatic heterocycles. The molecule has 4 nitrogen and oxygen atoms in total. The van der Waals surface area contributed by atoms with Crippen molar-refractivity contribution in [1.82, 2.24) is 5.32 Å². The van der Waals surface area contributed by atoms with Crippen LogP contribution in [0.4, 0.5) is 0 Å². The van der Waals surface area contributed by atoms with E-state index in [1.807, 2.05) is 18.2 Å². The van der Waals surface area contributed by atoms with Gasteiger partial charge < -0.3 is 9.47 Å². The number of rotatable bonds is 3. The highest BCUT2D eigenvalue weighted by Crippen LogP contribution is 2.26. The molecule has 17 heavy (non-hydrogen) atoms. The van der Waals surface area contributed by atoms with Crippen molar-refractivity contribution >= 4 is 18.7 Å². The normalized spacial score (nSPS) is 23.8. The van der Waals surface area contributed by atoms with Crippen molar-refractivity contribution in [2.75, 3.05) is 26.9 Å². The zero-order valence-corrected chi connectivity index (χ0v) is 10.5. The van der Waals surface area contributed by atoms with Gasteiger partial charge >= 0.3 is 0 Å². The van der Waals surface area contributed by atoms with Crippen LogP contribution in [0.2, 0.25) is 0 Å². The van der Waals surface area contributed by atoms with Gasteiger partial charge in [0.1, 0.15) is 6.29 Å². The van der Waals surface area contributed by atoms with E-state index in [-0.39, 0.29) is 12.4 Å². The Morgan fingerprint density at radius 2 is 2.24 bits per heavy atom. The molecule has 1 aromatic rings. The standard InChI is InChI=1S/C12H15NO3.ClH/c1-15-12(9-16-7-6-13-12)11-5-3-2-4-10(11)8-14;/h2-5,8,13H,6-7,9H2,1H3;1H/t12-;/m0./s1. The third kappa shape index (κ3) is 2.66. The van der Waals surface area contributed by atoms with Gasteiger partial charge in [0.2, 0.25) is 0 Å². The molecule has 0 aromatic heterocycles. The number of hydrogen-bond donors (Lipinski definition) is 1. The maximum atomic E-state index is 11.0. The van der Waals surface area contributed by atoms with Gasteiger partial charge in [0.15, 0.2) is 5.72 Å². The largest absolute Gasteiger partial charge is 0.375 e. The van der Waals surface area contributed by atoms with Gasteiger partial charge in [-0.2, -0.15) is 0 Å². The number of ether oxygens (including phenoxy) is 2. The summed E-state index contributed by atoms with van der Waals surface area (Å²) >= 11 is 0. The first-order valence-electron chi connectivity index (χ1n) is 5.25. The maximum absolute atomic E-state index is 11.0. The highest BCUT2D eigenvalue weighted by Gasteiger charge is 2.36. The van der Waals surface area contributed by atoms with Crippen LogP contribution >= 0.6 is 12.4 Å². The summed E-state index contributed by atoms with van der Waals surface area (Å²) in [5.74, 6) is 0. The van der Waals surface area contributed by atoms with E-state index in [9.17, 15) is 4.79 Å². The van der Waals surface area contributed by atoms with E-state index in [1.165, 1.54) is 0 Å². The smallest absolute Gasteiger partial charge is 0.169 e. The second kappa shape index (κ2) is 6.12. The predicted octanol–water partition coefficient (Wildman–Crippen LogP) is 1.34. The molecule has 0 aliphatic carbocycles. The number of aldehydes is 1. The van der Waals surface area contributed by atoms with E-state index < -0.39 is 5.72 Å². The van der Waals surface area contributed by atoms with Crippen LogP contribution in [0.5, 0.6) is 0 Å². The third-order valence-electron chi connectivity index (χ3n) is 2.83. The van der Waals surface area contributed by atoms with Gasteiger partial charge in [0, 0.05) is 24.8 Å². The summed E-state index contributed by atoms with van der Waals surface area (Å²) in [4.78, 5) is 11.0. The first-order chi connectivity index (χ1) is 7.82. The minimum absolute atomic E-state index is 0. The van der Waals surface area contributed by atoms with Crippen LogP contribution in [-0.2, 0) is 15.2 Å². The van der Waals surface area contributed by atoms with Gasteiger partial charge in [0.05, 0.1) is 13.2 Å². The lowest BCUT2D eigenvalue weighted by atomic mass is 9.97. The molecule has 1 aliphatic rings. The summed E-state index contributed by atoms with van der Waals surface area (Å²) < 4.78 is 10.9. The molecule has 1 saturated heterocycles.